The molecule has 12 nitrogen and oxygen atoms in total. The zero-order valence-corrected chi connectivity index (χ0v) is 22.7. The molecule has 2 aromatic heterocycles. The minimum atomic E-state index is -4.15. The molecular weight excluding hydrogens is 522 g/mol. The number of hydrogen-bond acceptors (Lipinski definition) is 7. The lowest BCUT2D eigenvalue weighted by Crippen LogP contribution is -2.48. The van der Waals surface area contributed by atoms with E-state index < -0.39 is 34.5 Å². The van der Waals surface area contributed by atoms with E-state index in [2.05, 4.69) is 30.4 Å². The minimum Gasteiger partial charge on any atom is -0.480 e. The SMILES string of the molecule is Cc1cccc(C)c1S(=O)(=O)NC(CNC(=O)c1cccc2c(CCCNc3ncc[nH]3)nn(C)c12)C(=O)O. The number of carbonyl (C=O) groups excluding carboxylic acids is 1. The number of imidazole rings is 1. The predicted octanol–water partition coefficient (Wildman–Crippen LogP) is 2.12. The number of nitrogens with zero attached hydrogens (tertiary/aromatic N) is 3. The lowest BCUT2D eigenvalue weighted by Gasteiger charge is -2.18. The van der Waals surface area contributed by atoms with Crippen molar-refractivity contribution in [2.45, 2.75) is 37.6 Å². The van der Waals surface area contributed by atoms with Gasteiger partial charge in [0, 0.05) is 37.9 Å². The summed E-state index contributed by atoms with van der Waals surface area (Å²) in [4.78, 5) is 32.2. The molecule has 0 aliphatic carbocycles. The number of sulfonamides is 1. The van der Waals surface area contributed by atoms with Crippen molar-refractivity contribution in [1.82, 2.24) is 29.8 Å². The number of nitrogens with one attached hydrogen (secondary N) is 4. The van der Waals surface area contributed by atoms with E-state index in [9.17, 15) is 23.1 Å². The molecular formula is C26H31N7O5S. The quantitative estimate of drug-likeness (QED) is 0.166. The maximum atomic E-state index is 13.1. The Morgan fingerprint density at radius 2 is 1.85 bits per heavy atom. The number of hydrogen-bond donors (Lipinski definition) is 5. The first-order chi connectivity index (χ1) is 18.6. The van der Waals surface area contributed by atoms with Crippen LogP contribution in [0, 0.1) is 13.8 Å². The number of aromatic amines is 1. The van der Waals surface area contributed by atoms with Gasteiger partial charge in [0.05, 0.1) is 21.7 Å². The van der Waals surface area contributed by atoms with E-state index in [1.54, 1.807) is 68.3 Å². The Balaban J connectivity index is 1.46. The number of H-pyrrole nitrogens is 1. The number of carboxylic acid groups (broad SMARTS) is 1. The summed E-state index contributed by atoms with van der Waals surface area (Å²) in [6.45, 7) is 3.51. The topological polar surface area (TPSA) is 171 Å². The van der Waals surface area contributed by atoms with Crippen LogP contribution in [0.15, 0.2) is 53.7 Å². The predicted molar refractivity (Wildman–Crippen MR) is 146 cm³/mol. The molecule has 4 aromatic rings. The average Bonchev–Trinajstić information content (AvgIpc) is 3.51. The fraction of sp³-hybridized carbons (Fsp3) is 0.308. The van der Waals surface area contributed by atoms with Crippen molar-refractivity contribution in [2.75, 3.05) is 18.4 Å². The molecule has 0 aliphatic rings. The largest absolute Gasteiger partial charge is 0.480 e. The van der Waals surface area contributed by atoms with Crippen LogP contribution in [0.3, 0.4) is 0 Å². The van der Waals surface area contributed by atoms with Gasteiger partial charge in [0.2, 0.25) is 10.0 Å². The summed E-state index contributed by atoms with van der Waals surface area (Å²) in [7, 11) is -2.41. The monoisotopic (exact) mass is 553 g/mol. The van der Waals surface area contributed by atoms with Crippen molar-refractivity contribution < 1.29 is 23.1 Å². The standard InChI is InChI=1S/C26H31N7O5S/c1-16-7-4-8-17(2)23(16)39(37,38)32-21(25(35)36)15-30-24(34)19-10-5-9-18-20(31-33(3)22(18)19)11-6-12-27-26-28-13-14-29-26/h4-5,7-10,13-14,21,32H,6,11-12,15H2,1-3H3,(H,30,34)(H,35,36)(H2,27,28,29). The number of aromatic nitrogens is 4. The van der Waals surface area contributed by atoms with Gasteiger partial charge < -0.3 is 20.7 Å². The molecule has 4 rings (SSSR count). The Bertz CT molecular complexity index is 1580. The number of anilines is 1. The Kier molecular flexibility index (Phi) is 8.31. The number of carboxylic acids is 1. The van der Waals surface area contributed by atoms with Gasteiger partial charge in [-0.25, -0.2) is 13.4 Å². The summed E-state index contributed by atoms with van der Waals surface area (Å²) in [5, 5.41) is 20.8. The van der Waals surface area contributed by atoms with E-state index in [-0.39, 0.29) is 4.90 Å². The minimum absolute atomic E-state index is 0.0223. The third kappa shape index (κ3) is 6.26. The Hall–Kier alpha value is -4.23. The number of rotatable bonds is 12. The molecule has 0 saturated heterocycles. The molecule has 5 N–H and O–H groups in total. The van der Waals surface area contributed by atoms with Crippen LogP contribution in [-0.4, -0.2) is 64.3 Å². The average molecular weight is 554 g/mol. The molecule has 39 heavy (non-hydrogen) atoms. The van der Waals surface area contributed by atoms with Crippen LogP contribution in [0.5, 0.6) is 0 Å². The molecule has 1 unspecified atom stereocenters. The van der Waals surface area contributed by atoms with Gasteiger partial charge in [-0.1, -0.05) is 30.3 Å². The van der Waals surface area contributed by atoms with Gasteiger partial charge in [-0.15, -0.1) is 0 Å². The molecule has 2 heterocycles. The van der Waals surface area contributed by atoms with Crippen molar-refractivity contribution in [1.29, 1.82) is 0 Å². The lowest BCUT2D eigenvalue weighted by molar-refractivity contribution is -0.138. The summed E-state index contributed by atoms with van der Waals surface area (Å²) in [5.41, 5.74) is 2.72. The van der Waals surface area contributed by atoms with Crippen LogP contribution < -0.4 is 15.4 Å². The van der Waals surface area contributed by atoms with Crippen LogP contribution in [0.1, 0.15) is 33.6 Å². The fourth-order valence-electron chi connectivity index (χ4n) is 4.54. The van der Waals surface area contributed by atoms with E-state index in [0.29, 0.717) is 41.1 Å². The van der Waals surface area contributed by atoms with Crippen molar-refractivity contribution in [2.24, 2.45) is 7.05 Å². The second-order valence-corrected chi connectivity index (χ2v) is 10.8. The van der Waals surface area contributed by atoms with Crippen molar-refractivity contribution in [3.63, 3.8) is 0 Å². The summed E-state index contributed by atoms with van der Waals surface area (Å²) in [6.07, 6.45) is 4.85. The van der Waals surface area contributed by atoms with Crippen LogP contribution in [0.2, 0.25) is 0 Å². The molecule has 0 bridgehead atoms. The number of carbonyl (C=O) groups is 2. The zero-order valence-electron chi connectivity index (χ0n) is 21.9. The summed E-state index contributed by atoms with van der Waals surface area (Å²) in [5.74, 6) is -1.25. The van der Waals surface area contributed by atoms with Gasteiger partial charge in [-0.2, -0.15) is 9.82 Å². The maximum Gasteiger partial charge on any atom is 0.323 e. The first-order valence-electron chi connectivity index (χ1n) is 12.4. The number of fused-ring (bicyclic) bond motifs is 1. The Morgan fingerprint density at radius 1 is 1.13 bits per heavy atom. The van der Waals surface area contributed by atoms with Gasteiger partial charge >= 0.3 is 5.97 Å². The van der Waals surface area contributed by atoms with Gasteiger partial charge in [-0.05, 0) is 43.9 Å². The number of benzene rings is 2. The second-order valence-electron chi connectivity index (χ2n) is 9.18. The first kappa shape index (κ1) is 27.8. The highest BCUT2D eigenvalue weighted by atomic mass is 32.2. The third-order valence-corrected chi connectivity index (χ3v) is 8.08. The lowest BCUT2D eigenvalue weighted by atomic mass is 10.1. The van der Waals surface area contributed by atoms with E-state index in [1.165, 1.54) is 0 Å². The normalized spacial score (nSPS) is 12.4. The van der Waals surface area contributed by atoms with E-state index in [1.807, 2.05) is 6.07 Å². The summed E-state index contributed by atoms with van der Waals surface area (Å²) >= 11 is 0. The van der Waals surface area contributed by atoms with Crippen LogP contribution in [-0.2, 0) is 28.3 Å². The van der Waals surface area contributed by atoms with Crippen LogP contribution in [0.4, 0.5) is 5.95 Å². The van der Waals surface area contributed by atoms with E-state index >= 15 is 0 Å². The summed E-state index contributed by atoms with van der Waals surface area (Å²) < 4.78 is 29.8. The van der Waals surface area contributed by atoms with Gasteiger partial charge in [0.25, 0.3) is 5.91 Å². The van der Waals surface area contributed by atoms with Gasteiger partial charge in [-0.3, -0.25) is 14.3 Å². The van der Waals surface area contributed by atoms with Gasteiger partial charge in [0.15, 0.2) is 5.95 Å². The van der Waals surface area contributed by atoms with Crippen molar-refractivity contribution in [3.05, 3.63) is 71.2 Å². The third-order valence-electron chi connectivity index (χ3n) is 6.31. The van der Waals surface area contributed by atoms with Crippen LogP contribution >= 0.6 is 0 Å². The molecule has 2 aromatic carbocycles. The molecule has 0 saturated carbocycles. The molecule has 206 valence electrons. The number of aliphatic carboxylic acids is 1. The summed E-state index contributed by atoms with van der Waals surface area (Å²) in [6, 6.07) is 8.67. The molecule has 13 heteroatoms. The number of para-hydroxylation sites is 1. The molecule has 0 spiro atoms. The Morgan fingerprint density at radius 3 is 2.51 bits per heavy atom. The van der Waals surface area contributed by atoms with E-state index in [0.717, 1.165) is 17.5 Å². The number of amides is 1. The smallest absolute Gasteiger partial charge is 0.323 e. The fourth-order valence-corrected chi connectivity index (χ4v) is 6.20. The highest BCUT2D eigenvalue weighted by Gasteiger charge is 2.28. The molecule has 0 aliphatic heterocycles. The Labute approximate surface area is 225 Å². The van der Waals surface area contributed by atoms with Crippen LogP contribution in [0.25, 0.3) is 10.9 Å². The van der Waals surface area contributed by atoms with Crippen molar-refractivity contribution in [3.8, 4) is 0 Å². The molecule has 1 amide bonds. The van der Waals surface area contributed by atoms with Gasteiger partial charge in [0.1, 0.15) is 6.04 Å². The highest BCUT2D eigenvalue weighted by molar-refractivity contribution is 7.89. The maximum absolute atomic E-state index is 13.1. The molecule has 1 atom stereocenters. The second kappa shape index (κ2) is 11.7. The molecule has 0 fully saturated rings. The zero-order chi connectivity index (χ0) is 28.2. The molecule has 0 radical (unpaired) electrons. The first-order valence-corrected chi connectivity index (χ1v) is 13.8. The van der Waals surface area contributed by atoms with Crippen molar-refractivity contribution >= 4 is 38.8 Å². The highest BCUT2D eigenvalue weighted by Crippen LogP contribution is 2.23. The van der Waals surface area contributed by atoms with E-state index in [4.69, 9.17) is 0 Å². The number of aryl methyl sites for hydroxylation is 4.